The van der Waals surface area contributed by atoms with Gasteiger partial charge in [-0.1, -0.05) is 121 Å². The molecule has 0 aliphatic carbocycles. The van der Waals surface area contributed by atoms with Crippen molar-refractivity contribution < 1.29 is 43.0 Å². The van der Waals surface area contributed by atoms with E-state index in [-0.39, 0.29) is 58.3 Å². The predicted molar refractivity (Wildman–Crippen MR) is 296 cm³/mol. The van der Waals surface area contributed by atoms with Crippen LogP contribution < -0.4 is 42.4 Å². The minimum atomic E-state index is -1.39. The van der Waals surface area contributed by atoms with Crippen LogP contribution in [0.1, 0.15) is 46.7 Å². The van der Waals surface area contributed by atoms with E-state index in [1.807, 2.05) is 60.7 Å². The van der Waals surface area contributed by atoms with Crippen molar-refractivity contribution in [2.75, 3.05) is 52.4 Å². The molecule has 3 aliphatic rings. The molecule has 3 saturated heterocycles. The molecule has 4 heterocycles. The summed E-state index contributed by atoms with van der Waals surface area (Å²) in [5.41, 5.74) is 9.91. The van der Waals surface area contributed by atoms with Crippen LogP contribution in [-0.2, 0) is 59.4 Å². The lowest BCUT2D eigenvalue weighted by Crippen LogP contribution is -2.59. The Labute approximate surface area is 458 Å². The summed E-state index contributed by atoms with van der Waals surface area (Å²) in [7, 11) is 0. The third kappa shape index (κ3) is 14.8. The normalized spacial score (nSPS) is 22.8. The first-order chi connectivity index (χ1) is 38.5. The molecule has 0 bridgehead atoms. The number of nitrogens with zero attached hydrogens (tertiary/aromatic N) is 2. The van der Waals surface area contributed by atoms with E-state index in [4.69, 9.17) is 15.2 Å². The molecule has 6 amide bonds. The van der Waals surface area contributed by atoms with E-state index in [1.165, 1.54) is 4.90 Å². The molecule has 3 aliphatic heterocycles. The quantitative estimate of drug-likeness (QED) is 0.0738. The Bertz CT molecular complexity index is 3050. The maximum Gasteiger partial charge on any atom is 0.407 e. The Morgan fingerprint density at radius 3 is 2.00 bits per heavy atom. The number of H-pyrrole nitrogens is 1. The van der Waals surface area contributed by atoms with Crippen LogP contribution in [0.4, 0.5) is 4.79 Å². The molecule has 0 spiro atoms. The fourth-order valence-electron chi connectivity index (χ4n) is 10.5. The van der Waals surface area contributed by atoms with Crippen LogP contribution in [0.15, 0.2) is 146 Å². The summed E-state index contributed by atoms with van der Waals surface area (Å²) in [4.78, 5) is 111. The highest BCUT2D eigenvalue weighted by atomic mass is 16.6. The van der Waals surface area contributed by atoms with Gasteiger partial charge in [-0.05, 0) is 46.0 Å². The standard InChI is InChI=1S/C60H68N10O9/c61-24-25-63-60(77)79-46-34-52-57(74)68-54(42-16-8-3-9-17-42)58(75)65-49(32-43-35-64-48-19-11-10-18-47(43)48)53(71)33-44(36-69-28-26-62-27-29-69)55(72)66-50(30-40-20-22-45(23-21-40)78-38-41-14-6-2-7-15-41)56(73)67-51(59(76)70(52)37-46)31-39-12-4-1-5-13-39/h1-23,35,44,46,49-52,54,62,64H,24-34,36-38,61H2,(H,63,77)(H,65,75)(H,66,72)(H,67,73)(H,68,74)/t44-,46+,49+,50-,51-,52-,54-/m0/s1. The highest BCUT2D eigenvalue weighted by molar-refractivity contribution is 5.99. The number of ketones is 1. The molecule has 0 radical (unpaired) electrons. The molecule has 0 saturated carbocycles. The van der Waals surface area contributed by atoms with E-state index in [1.54, 1.807) is 85.1 Å². The van der Waals surface area contributed by atoms with Gasteiger partial charge < -0.3 is 61.9 Å². The van der Waals surface area contributed by atoms with Crippen LogP contribution in [0.3, 0.4) is 0 Å². The molecule has 79 heavy (non-hydrogen) atoms. The minimum Gasteiger partial charge on any atom is -0.489 e. The van der Waals surface area contributed by atoms with Crippen LogP contribution >= 0.6 is 0 Å². The number of aromatic nitrogens is 1. The van der Waals surface area contributed by atoms with Gasteiger partial charge in [0.2, 0.25) is 29.5 Å². The Morgan fingerprint density at radius 1 is 0.646 bits per heavy atom. The highest BCUT2D eigenvalue weighted by Gasteiger charge is 2.45. The molecule has 5 aromatic carbocycles. The Hall–Kier alpha value is -8.39. The zero-order valence-corrected chi connectivity index (χ0v) is 43.9. The average molecular weight is 1070 g/mol. The molecule has 3 fully saturated rings. The number of carbonyl (C=O) groups excluding carboxylic acids is 7. The largest absolute Gasteiger partial charge is 0.489 e. The molecule has 412 valence electrons. The van der Waals surface area contributed by atoms with Crippen molar-refractivity contribution in [3.8, 4) is 5.75 Å². The number of nitrogens with one attached hydrogen (secondary N) is 7. The number of ether oxygens (including phenoxy) is 2. The highest BCUT2D eigenvalue weighted by Crippen LogP contribution is 2.27. The number of benzene rings is 5. The van der Waals surface area contributed by atoms with Crippen LogP contribution in [0.2, 0.25) is 0 Å². The molecular weight excluding hydrogens is 1000 g/mol. The van der Waals surface area contributed by atoms with E-state index in [9.17, 15) is 4.79 Å². The molecule has 1 aromatic heterocycles. The Balaban J connectivity index is 1.11. The van der Waals surface area contributed by atoms with E-state index in [2.05, 4.69) is 41.8 Å². The van der Waals surface area contributed by atoms with Crippen LogP contribution in [0, 0.1) is 5.92 Å². The first-order valence-electron chi connectivity index (χ1n) is 27.0. The first kappa shape index (κ1) is 55.4. The van der Waals surface area contributed by atoms with Gasteiger partial charge >= 0.3 is 6.09 Å². The molecule has 9 N–H and O–H groups in total. The number of hydrogen-bond acceptors (Lipinski definition) is 12. The third-order valence-electron chi connectivity index (χ3n) is 14.7. The summed E-state index contributed by atoms with van der Waals surface area (Å²) < 4.78 is 11.8. The smallest absolute Gasteiger partial charge is 0.407 e. The lowest BCUT2D eigenvalue weighted by Gasteiger charge is -2.33. The number of fused-ring (bicyclic) bond motifs is 2. The van der Waals surface area contributed by atoms with Crippen molar-refractivity contribution in [3.05, 3.63) is 174 Å². The molecule has 7 atom stereocenters. The van der Waals surface area contributed by atoms with Gasteiger partial charge in [0.15, 0.2) is 5.78 Å². The molecular formula is C60H68N10O9. The van der Waals surface area contributed by atoms with E-state index >= 15 is 28.8 Å². The Morgan fingerprint density at radius 2 is 1.28 bits per heavy atom. The number of alkyl carbamates (subject to hydrolysis) is 1. The van der Waals surface area contributed by atoms with Crippen molar-refractivity contribution in [2.24, 2.45) is 11.7 Å². The summed E-state index contributed by atoms with van der Waals surface area (Å²) in [5, 5.41) is 18.6. The number of rotatable bonds is 15. The molecule has 19 heteroatoms. The molecule has 9 rings (SSSR count). The number of para-hydroxylation sites is 1. The lowest BCUT2D eigenvalue weighted by atomic mass is 9.92. The van der Waals surface area contributed by atoms with Crippen LogP contribution in [0.5, 0.6) is 5.75 Å². The van der Waals surface area contributed by atoms with Crippen LogP contribution in [0.25, 0.3) is 10.9 Å². The second kappa shape index (κ2) is 26.8. The zero-order chi connectivity index (χ0) is 55.1. The number of hydrogen-bond donors (Lipinski definition) is 8. The summed E-state index contributed by atoms with van der Waals surface area (Å²) in [6, 6.07) is 35.5. The van der Waals surface area contributed by atoms with E-state index in [0.717, 1.165) is 22.0 Å². The number of aromatic amines is 1. The number of Topliss-reactive ketones (excluding diaryl/α,β-unsaturated/α-hetero) is 1. The second-order valence-electron chi connectivity index (χ2n) is 20.3. The van der Waals surface area contributed by atoms with Crippen LogP contribution in [-0.4, -0.2) is 139 Å². The van der Waals surface area contributed by atoms with Gasteiger partial charge in [0.25, 0.3) is 0 Å². The number of amides is 6. The number of piperazine rings is 1. The van der Waals surface area contributed by atoms with Crippen molar-refractivity contribution in [3.63, 3.8) is 0 Å². The summed E-state index contributed by atoms with van der Waals surface area (Å²) in [6.07, 6.45) is -0.530. The van der Waals surface area contributed by atoms with Gasteiger partial charge in [0.05, 0.1) is 18.5 Å². The molecule has 19 nitrogen and oxygen atoms in total. The van der Waals surface area contributed by atoms with Gasteiger partial charge in [-0.3, -0.25) is 28.8 Å². The maximum atomic E-state index is 15.4. The second-order valence-corrected chi connectivity index (χ2v) is 20.3. The lowest BCUT2D eigenvalue weighted by molar-refractivity contribution is -0.143. The fourth-order valence-corrected chi connectivity index (χ4v) is 10.5. The van der Waals surface area contributed by atoms with Gasteiger partial charge in [-0.2, -0.15) is 0 Å². The number of nitrogens with two attached hydrogens (primary N) is 1. The summed E-state index contributed by atoms with van der Waals surface area (Å²) in [6.45, 7) is 3.01. The van der Waals surface area contributed by atoms with Crippen molar-refractivity contribution >= 4 is 52.3 Å². The van der Waals surface area contributed by atoms with E-state index in [0.29, 0.717) is 55.2 Å². The topological polar surface area (TPSA) is 258 Å². The minimum absolute atomic E-state index is 0.0279. The van der Waals surface area contributed by atoms with Crippen molar-refractivity contribution in [2.45, 2.75) is 75.0 Å². The van der Waals surface area contributed by atoms with Gasteiger partial charge in [0, 0.05) is 95.0 Å². The zero-order valence-electron chi connectivity index (χ0n) is 43.9. The number of carbonyl (C=O) groups is 7. The fraction of sp³-hybridized carbons (Fsp3) is 0.350. The molecule has 0 unspecified atom stereocenters. The van der Waals surface area contributed by atoms with E-state index < -0.39 is 83.6 Å². The van der Waals surface area contributed by atoms with Gasteiger partial charge in [0.1, 0.15) is 42.6 Å². The first-order valence-corrected chi connectivity index (χ1v) is 27.0. The third-order valence-corrected chi connectivity index (χ3v) is 14.7. The van der Waals surface area contributed by atoms with Gasteiger partial charge in [-0.25, -0.2) is 4.79 Å². The Kier molecular flexibility index (Phi) is 18.8. The van der Waals surface area contributed by atoms with Crippen molar-refractivity contribution in [1.82, 2.24) is 46.7 Å². The van der Waals surface area contributed by atoms with Gasteiger partial charge in [-0.15, -0.1) is 0 Å². The summed E-state index contributed by atoms with van der Waals surface area (Å²) in [5.74, 6) is -4.24. The predicted octanol–water partition coefficient (Wildman–Crippen LogP) is 3.24. The average Bonchev–Trinajstić information content (AvgIpc) is 4.19. The maximum absolute atomic E-state index is 15.4. The summed E-state index contributed by atoms with van der Waals surface area (Å²) >= 11 is 0. The molecule has 6 aromatic rings. The van der Waals surface area contributed by atoms with Crippen molar-refractivity contribution in [1.29, 1.82) is 0 Å². The monoisotopic (exact) mass is 1070 g/mol. The SMILES string of the molecule is NCCNC(=O)O[C@@H]1C[C@H]2C(=O)N[C@@H](c3ccccc3)C(=O)N[C@H](Cc3c[nH]c4ccccc34)C(=O)C[C@@H](CN3CCNCC3)C(=O)N[C@@H](Cc3ccc(OCc4ccccc4)cc3)C(=O)N[C@@H](Cc3ccccc3)C(=O)N2C1.